The molecular weight excluding hydrogens is 223 g/mol. The van der Waals surface area contributed by atoms with Crippen molar-refractivity contribution in [1.29, 1.82) is 0 Å². The van der Waals surface area contributed by atoms with E-state index in [1.54, 1.807) is 18.2 Å². The molecule has 1 aliphatic heterocycles. The molecule has 5 heteroatoms. The number of fused-ring (bicyclic) bond motifs is 1. The Morgan fingerprint density at radius 1 is 1.59 bits per heavy atom. The molecule has 1 amide bonds. The van der Waals surface area contributed by atoms with Gasteiger partial charge < -0.3 is 15.8 Å². The van der Waals surface area contributed by atoms with Crippen LogP contribution in [0.2, 0.25) is 0 Å². The molecule has 90 valence electrons. The molecule has 17 heavy (non-hydrogen) atoms. The maximum absolute atomic E-state index is 12.3. The smallest absolute Gasteiger partial charge is 0.251 e. The fourth-order valence-electron chi connectivity index (χ4n) is 1.61. The second-order valence-corrected chi connectivity index (χ2v) is 3.76. The van der Waals surface area contributed by atoms with Crippen molar-refractivity contribution in [3.05, 3.63) is 41.2 Å². The molecule has 3 N–H and O–H groups in total. The predicted octanol–water partition coefficient (Wildman–Crippen LogP) is 1.12. The van der Waals surface area contributed by atoms with E-state index in [0.29, 0.717) is 29.8 Å². The first kappa shape index (κ1) is 11.6. The Morgan fingerprint density at radius 2 is 2.41 bits per heavy atom. The zero-order chi connectivity index (χ0) is 12.3. The zero-order valence-corrected chi connectivity index (χ0v) is 9.20. The van der Waals surface area contributed by atoms with Crippen LogP contribution in [0.4, 0.5) is 4.39 Å². The van der Waals surface area contributed by atoms with E-state index >= 15 is 0 Å². The molecule has 1 aromatic carbocycles. The fraction of sp³-hybridized carbons (Fsp3) is 0.250. The second-order valence-electron chi connectivity index (χ2n) is 3.76. The molecule has 0 aromatic heterocycles. The van der Waals surface area contributed by atoms with Gasteiger partial charge in [-0.2, -0.15) is 0 Å². The highest BCUT2D eigenvalue weighted by atomic mass is 19.1. The lowest BCUT2D eigenvalue weighted by Gasteiger charge is -2.08. The molecule has 1 aromatic rings. The summed E-state index contributed by atoms with van der Waals surface area (Å²) in [6, 6.07) is 5.17. The van der Waals surface area contributed by atoms with Gasteiger partial charge in [0.05, 0.1) is 6.33 Å². The molecule has 2 rings (SSSR count). The van der Waals surface area contributed by atoms with E-state index in [2.05, 4.69) is 5.32 Å². The normalized spacial score (nSPS) is 14.5. The largest absolute Gasteiger partial charge is 0.489 e. The summed E-state index contributed by atoms with van der Waals surface area (Å²) >= 11 is 0. The number of nitrogens with one attached hydrogen (secondary N) is 1. The highest BCUT2D eigenvalue weighted by Gasteiger charge is 2.18. The highest BCUT2D eigenvalue weighted by molar-refractivity contribution is 5.98. The van der Waals surface area contributed by atoms with Gasteiger partial charge in [-0.15, -0.1) is 0 Å². The average molecular weight is 236 g/mol. The van der Waals surface area contributed by atoms with Crippen LogP contribution in [-0.2, 0) is 6.54 Å². The molecule has 0 radical (unpaired) electrons. The fourth-order valence-corrected chi connectivity index (χ4v) is 1.61. The summed E-state index contributed by atoms with van der Waals surface area (Å²) in [4.78, 5) is 11.3. The van der Waals surface area contributed by atoms with Gasteiger partial charge in [-0.25, -0.2) is 4.39 Å². The summed E-state index contributed by atoms with van der Waals surface area (Å²) in [5.74, 6) is 0.533. The summed E-state index contributed by atoms with van der Waals surface area (Å²) in [5.41, 5.74) is 7.26. The minimum atomic E-state index is -0.0714. The number of carbonyl (C=O) groups is 1. The first-order chi connectivity index (χ1) is 8.24. The Morgan fingerprint density at radius 3 is 3.12 bits per heavy atom. The van der Waals surface area contributed by atoms with E-state index in [1.807, 2.05) is 0 Å². The number of nitrogens with two attached hydrogens (primary N) is 1. The molecule has 1 heterocycles. The number of ether oxygens (including phenoxy) is 1. The number of amides is 1. The van der Waals surface area contributed by atoms with Crippen LogP contribution >= 0.6 is 0 Å². The third kappa shape index (κ3) is 2.45. The number of hydrogen-bond acceptors (Lipinski definition) is 3. The lowest BCUT2D eigenvalue weighted by Crippen LogP contribution is -2.12. The van der Waals surface area contributed by atoms with Crippen molar-refractivity contribution in [2.24, 2.45) is 5.73 Å². The number of halogens is 1. The zero-order valence-electron chi connectivity index (χ0n) is 9.20. The molecule has 0 bridgehead atoms. The number of carbonyl (C=O) groups excluding carboxylic acids is 1. The summed E-state index contributed by atoms with van der Waals surface area (Å²) in [7, 11) is 0. The summed E-state index contributed by atoms with van der Waals surface area (Å²) < 4.78 is 17.6. The van der Waals surface area contributed by atoms with Crippen LogP contribution in [0.3, 0.4) is 0 Å². The Balaban J connectivity index is 2.06. The summed E-state index contributed by atoms with van der Waals surface area (Å²) in [5, 5.41) is 2.71. The monoisotopic (exact) mass is 236 g/mol. The van der Waals surface area contributed by atoms with Crippen molar-refractivity contribution >= 4 is 5.91 Å². The van der Waals surface area contributed by atoms with Gasteiger partial charge in [0, 0.05) is 24.2 Å². The molecular formula is C12H13FN2O2. The van der Waals surface area contributed by atoms with E-state index in [-0.39, 0.29) is 19.1 Å². The SMILES string of the molecule is NCC(=CF)COc1ccc2c(c1)CNC2=O. The lowest BCUT2D eigenvalue weighted by atomic mass is 10.1. The minimum absolute atomic E-state index is 0.0714. The van der Waals surface area contributed by atoms with Crippen LogP contribution in [-0.4, -0.2) is 19.1 Å². The molecule has 0 saturated carbocycles. The average Bonchev–Trinajstić information content (AvgIpc) is 2.72. The third-order valence-electron chi connectivity index (χ3n) is 2.60. The van der Waals surface area contributed by atoms with Crippen LogP contribution in [0, 0.1) is 0 Å². The molecule has 4 nitrogen and oxygen atoms in total. The van der Waals surface area contributed by atoms with Crippen LogP contribution in [0.5, 0.6) is 5.75 Å². The summed E-state index contributed by atoms with van der Waals surface area (Å²) in [6.07, 6.45) is 0.457. The van der Waals surface area contributed by atoms with Gasteiger partial charge in [0.25, 0.3) is 5.91 Å². The third-order valence-corrected chi connectivity index (χ3v) is 2.60. The van der Waals surface area contributed by atoms with E-state index in [9.17, 15) is 9.18 Å². The molecule has 0 aliphatic carbocycles. The van der Waals surface area contributed by atoms with Crippen molar-refractivity contribution in [3.63, 3.8) is 0 Å². The van der Waals surface area contributed by atoms with Crippen molar-refractivity contribution in [2.45, 2.75) is 6.54 Å². The quantitative estimate of drug-likeness (QED) is 0.823. The lowest BCUT2D eigenvalue weighted by molar-refractivity contribution is 0.0966. The number of hydrogen-bond donors (Lipinski definition) is 2. The second kappa shape index (κ2) is 4.97. The van der Waals surface area contributed by atoms with Crippen molar-refractivity contribution in [1.82, 2.24) is 5.32 Å². The van der Waals surface area contributed by atoms with Crippen LogP contribution < -0.4 is 15.8 Å². The topological polar surface area (TPSA) is 64.3 Å². The van der Waals surface area contributed by atoms with Gasteiger partial charge in [-0.05, 0) is 23.8 Å². The predicted molar refractivity (Wildman–Crippen MR) is 61.4 cm³/mol. The van der Waals surface area contributed by atoms with Gasteiger partial charge in [0.1, 0.15) is 12.4 Å². The van der Waals surface area contributed by atoms with Gasteiger partial charge in [0.15, 0.2) is 0 Å². The van der Waals surface area contributed by atoms with Crippen molar-refractivity contribution in [2.75, 3.05) is 13.2 Å². The molecule has 0 unspecified atom stereocenters. The van der Waals surface area contributed by atoms with Gasteiger partial charge in [0.2, 0.25) is 0 Å². The highest BCUT2D eigenvalue weighted by Crippen LogP contribution is 2.21. The van der Waals surface area contributed by atoms with E-state index < -0.39 is 0 Å². The van der Waals surface area contributed by atoms with Gasteiger partial charge in [-0.1, -0.05) is 0 Å². The first-order valence-electron chi connectivity index (χ1n) is 5.26. The maximum atomic E-state index is 12.3. The number of benzene rings is 1. The van der Waals surface area contributed by atoms with Gasteiger partial charge >= 0.3 is 0 Å². The molecule has 0 saturated heterocycles. The van der Waals surface area contributed by atoms with Crippen molar-refractivity contribution in [3.8, 4) is 5.75 Å². The van der Waals surface area contributed by atoms with E-state index in [4.69, 9.17) is 10.5 Å². The Labute approximate surface area is 98.3 Å². The van der Waals surface area contributed by atoms with E-state index in [1.165, 1.54) is 0 Å². The van der Waals surface area contributed by atoms with Crippen LogP contribution in [0.1, 0.15) is 15.9 Å². The molecule has 0 spiro atoms. The molecule has 1 aliphatic rings. The Bertz CT molecular complexity index is 472. The number of rotatable bonds is 4. The van der Waals surface area contributed by atoms with E-state index in [0.717, 1.165) is 5.56 Å². The van der Waals surface area contributed by atoms with Crippen LogP contribution in [0.15, 0.2) is 30.1 Å². The minimum Gasteiger partial charge on any atom is -0.489 e. The first-order valence-corrected chi connectivity index (χ1v) is 5.26. The Hall–Kier alpha value is -1.88. The molecule has 0 fully saturated rings. The van der Waals surface area contributed by atoms with Crippen LogP contribution in [0.25, 0.3) is 0 Å². The van der Waals surface area contributed by atoms with Gasteiger partial charge in [-0.3, -0.25) is 4.79 Å². The van der Waals surface area contributed by atoms with Crippen molar-refractivity contribution < 1.29 is 13.9 Å². The standard InChI is InChI=1S/C12H13FN2O2/c13-4-8(5-14)7-17-10-1-2-11-9(3-10)6-15-12(11)16/h1-4H,5-7,14H2,(H,15,16). The molecule has 0 atom stereocenters. The maximum Gasteiger partial charge on any atom is 0.251 e. The Kier molecular flexibility index (Phi) is 3.39. The summed E-state index contributed by atoms with van der Waals surface area (Å²) in [6.45, 7) is 0.753.